The largest absolute Gasteiger partial charge is 0.467 e. The van der Waals surface area contributed by atoms with Crippen LogP contribution in [0, 0.1) is 11.8 Å². The quantitative estimate of drug-likeness (QED) is 0.159. The average molecular weight is 946 g/mol. The molecule has 0 spiro atoms. The molecule has 2 atom stereocenters. The number of hydrogen-bond donors (Lipinski definition) is 1. The van der Waals surface area contributed by atoms with Crippen LogP contribution in [0.1, 0.15) is 39.5 Å². The summed E-state index contributed by atoms with van der Waals surface area (Å²) in [6.45, 7) is 7.70. The molecule has 2 saturated heterocycles. The van der Waals surface area contributed by atoms with Crippen LogP contribution in [0.5, 0.6) is 5.19 Å². The van der Waals surface area contributed by atoms with Crippen LogP contribution in [0.4, 0.5) is 11.6 Å². The van der Waals surface area contributed by atoms with E-state index in [1.165, 1.54) is 22.7 Å². The van der Waals surface area contributed by atoms with Crippen molar-refractivity contribution in [1.82, 2.24) is 39.9 Å². The summed E-state index contributed by atoms with van der Waals surface area (Å²) in [5.41, 5.74) is 1.72. The third-order valence-corrected chi connectivity index (χ3v) is 12.2. The predicted octanol–water partition coefficient (Wildman–Crippen LogP) is 9.42. The standard InChI is InChI=1S/C17H17BrClN5OS.C11H16ClN3O.C6H2BrClN2S/c1-10(25-17-22-12-2-3-13(18)23-16(12)26-17)11-4-6-24(7-5-11)15-9-20-14(19)8-21-15;1-8(16)9-2-4-15(5-3-9)11-7-13-10(12)6-14-11;7-4-2-1-3-5(10-4)11-6(8)9-3/h2-3,8-11H,4-7H2,1H3;6-9,16H,2-5H2,1H3;1-2H. The van der Waals surface area contributed by atoms with Gasteiger partial charge in [0.2, 0.25) is 0 Å². The molecule has 1 N–H and O–H groups in total. The van der Waals surface area contributed by atoms with Crippen molar-refractivity contribution >= 4 is 122 Å². The molecule has 12 nitrogen and oxygen atoms in total. The van der Waals surface area contributed by atoms with Crippen LogP contribution in [0.3, 0.4) is 0 Å². The normalized spacial score (nSPS) is 16.5. The third-order valence-electron chi connectivity index (χ3n) is 8.97. The fraction of sp³-hybridized carbons (Fsp3) is 0.412. The lowest BCUT2D eigenvalue weighted by molar-refractivity contribution is 0.110. The molecule has 6 aromatic rings. The van der Waals surface area contributed by atoms with Gasteiger partial charge in [-0.25, -0.2) is 39.9 Å². The van der Waals surface area contributed by atoms with Crippen molar-refractivity contribution in [3.8, 4) is 5.19 Å². The number of ether oxygens (including phenoxy) is 1. The Kier molecular flexibility index (Phi) is 14.3. The van der Waals surface area contributed by atoms with Crippen molar-refractivity contribution in [2.75, 3.05) is 36.0 Å². The van der Waals surface area contributed by atoms with Crippen molar-refractivity contribution in [3.05, 3.63) is 73.0 Å². The van der Waals surface area contributed by atoms with E-state index in [9.17, 15) is 5.11 Å². The highest BCUT2D eigenvalue weighted by Gasteiger charge is 2.27. The van der Waals surface area contributed by atoms with Gasteiger partial charge < -0.3 is 19.6 Å². The zero-order valence-electron chi connectivity index (χ0n) is 28.6. The van der Waals surface area contributed by atoms with Gasteiger partial charge in [0.15, 0.2) is 4.47 Å². The number of aliphatic hydroxyl groups is 1. The third kappa shape index (κ3) is 11.2. The number of hydrogen-bond acceptors (Lipinski definition) is 14. The highest BCUT2D eigenvalue weighted by atomic mass is 79.9. The van der Waals surface area contributed by atoms with E-state index in [0.717, 1.165) is 93.4 Å². The van der Waals surface area contributed by atoms with Crippen molar-refractivity contribution < 1.29 is 9.84 Å². The van der Waals surface area contributed by atoms with E-state index < -0.39 is 0 Å². The van der Waals surface area contributed by atoms with Crippen molar-refractivity contribution in [2.24, 2.45) is 11.8 Å². The summed E-state index contributed by atoms with van der Waals surface area (Å²) < 4.78 is 8.28. The Balaban J connectivity index is 0.000000151. The molecule has 19 heteroatoms. The Morgan fingerprint density at radius 2 is 1.17 bits per heavy atom. The molecule has 0 aliphatic carbocycles. The Hall–Kier alpha value is -2.57. The minimum Gasteiger partial charge on any atom is -0.467 e. The number of thiazole rings is 2. The Bertz CT molecular complexity index is 2080. The number of fused-ring (bicyclic) bond motifs is 2. The van der Waals surface area contributed by atoms with Gasteiger partial charge in [0, 0.05) is 26.2 Å². The maximum atomic E-state index is 9.51. The second-order valence-corrected chi connectivity index (χ2v) is 17.4. The highest BCUT2D eigenvalue weighted by molar-refractivity contribution is 9.10. The molecule has 8 rings (SSSR count). The topological polar surface area (TPSA) is 139 Å². The van der Waals surface area contributed by atoms with E-state index in [-0.39, 0.29) is 12.2 Å². The molecule has 2 fully saturated rings. The number of nitrogens with zero attached hydrogens (tertiary/aromatic N) is 10. The lowest BCUT2D eigenvalue weighted by Gasteiger charge is -2.34. The lowest BCUT2D eigenvalue weighted by atomic mass is 9.92. The maximum Gasteiger partial charge on any atom is 0.276 e. The van der Waals surface area contributed by atoms with Crippen molar-refractivity contribution in [1.29, 1.82) is 0 Å². The number of pyridine rings is 2. The summed E-state index contributed by atoms with van der Waals surface area (Å²) in [6, 6.07) is 7.57. The van der Waals surface area contributed by atoms with Gasteiger partial charge in [0.25, 0.3) is 5.19 Å². The number of anilines is 2. The Morgan fingerprint density at radius 3 is 1.66 bits per heavy atom. The molecule has 8 heterocycles. The van der Waals surface area contributed by atoms with Crippen LogP contribution in [-0.4, -0.2) is 83.4 Å². The van der Waals surface area contributed by atoms with Gasteiger partial charge in [-0.2, -0.15) is 0 Å². The van der Waals surface area contributed by atoms with Crippen LogP contribution in [-0.2, 0) is 0 Å². The Morgan fingerprint density at radius 1 is 0.679 bits per heavy atom. The predicted molar refractivity (Wildman–Crippen MR) is 221 cm³/mol. The summed E-state index contributed by atoms with van der Waals surface area (Å²) in [7, 11) is 0. The molecule has 6 aromatic heterocycles. The fourth-order valence-corrected chi connectivity index (χ4v) is 8.89. The van der Waals surface area contributed by atoms with E-state index in [2.05, 4.69) is 88.5 Å². The number of rotatable bonds is 6. The molecule has 0 saturated carbocycles. The van der Waals surface area contributed by atoms with E-state index in [1.807, 2.05) is 31.2 Å². The lowest BCUT2D eigenvalue weighted by Crippen LogP contribution is -2.39. The van der Waals surface area contributed by atoms with Crippen LogP contribution in [0.15, 0.2) is 58.3 Å². The van der Waals surface area contributed by atoms with Crippen LogP contribution < -0.4 is 14.5 Å². The molecular weight excluding hydrogens is 911 g/mol. The number of aliphatic hydroxyl groups excluding tert-OH is 1. The molecule has 0 aromatic carbocycles. The molecule has 2 aliphatic heterocycles. The van der Waals surface area contributed by atoms with E-state index in [4.69, 9.17) is 39.5 Å². The van der Waals surface area contributed by atoms with E-state index >= 15 is 0 Å². The molecule has 280 valence electrons. The van der Waals surface area contributed by atoms with E-state index in [1.54, 1.807) is 24.8 Å². The summed E-state index contributed by atoms with van der Waals surface area (Å²) in [4.78, 5) is 40.1. The zero-order valence-corrected chi connectivity index (χ0v) is 35.7. The van der Waals surface area contributed by atoms with Crippen LogP contribution in [0.2, 0.25) is 14.8 Å². The summed E-state index contributed by atoms with van der Waals surface area (Å²) in [5, 5.41) is 11.0. The fourth-order valence-electron chi connectivity index (χ4n) is 5.99. The molecule has 2 aliphatic rings. The van der Waals surface area contributed by atoms with Gasteiger partial charge in [-0.15, -0.1) is 0 Å². The monoisotopic (exact) mass is 942 g/mol. The average Bonchev–Trinajstić information content (AvgIpc) is 3.73. The maximum absolute atomic E-state index is 9.51. The number of piperidine rings is 2. The number of halogens is 5. The first kappa shape index (κ1) is 40.1. The highest BCUT2D eigenvalue weighted by Crippen LogP contribution is 2.32. The second kappa shape index (κ2) is 18.8. The molecular formula is C34H35Br2Cl3N10O2S2. The summed E-state index contributed by atoms with van der Waals surface area (Å²) in [6.07, 6.45) is 10.6. The van der Waals surface area contributed by atoms with Gasteiger partial charge in [0.05, 0.1) is 30.9 Å². The van der Waals surface area contributed by atoms with Gasteiger partial charge in [-0.3, -0.25) is 0 Å². The van der Waals surface area contributed by atoms with Crippen molar-refractivity contribution in [3.63, 3.8) is 0 Å². The smallest absolute Gasteiger partial charge is 0.276 e. The number of aromatic nitrogens is 8. The summed E-state index contributed by atoms with van der Waals surface area (Å²) >= 11 is 26.7. The van der Waals surface area contributed by atoms with Crippen molar-refractivity contribution in [2.45, 2.75) is 51.7 Å². The second-order valence-electron chi connectivity index (χ2n) is 12.5. The van der Waals surface area contributed by atoms with E-state index in [0.29, 0.717) is 31.8 Å². The molecule has 0 bridgehead atoms. The van der Waals surface area contributed by atoms with Crippen LogP contribution in [0.25, 0.3) is 20.7 Å². The van der Waals surface area contributed by atoms with Gasteiger partial charge in [-0.1, -0.05) is 57.5 Å². The minimum atomic E-state index is -0.210. The van der Waals surface area contributed by atoms with Gasteiger partial charge >= 0.3 is 0 Å². The first-order chi connectivity index (χ1) is 25.5. The van der Waals surface area contributed by atoms with Gasteiger partial charge in [-0.05, 0) is 107 Å². The molecule has 2 unspecified atom stereocenters. The minimum absolute atomic E-state index is 0.109. The van der Waals surface area contributed by atoms with Gasteiger partial charge in [0.1, 0.15) is 57.9 Å². The molecule has 53 heavy (non-hydrogen) atoms. The first-order valence-corrected chi connectivity index (χ1v) is 21.2. The Labute approximate surface area is 346 Å². The molecule has 0 radical (unpaired) electrons. The zero-order chi connectivity index (χ0) is 37.5. The SMILES string of the molecule is CC(O)C1CCN(c2cnc(Cl)cn2)CC1.CC(Oc1nc2ccc(Br)nc2s1)C1CCN(c2cnc(Cl)cn2)CC1.Clc1nc2ccc(Br)nc2s1. The molecule has 0 amide bonds. The summed E-state index contributed by atoms with van der Waals surface area (Å²) in [5.74, 6) is 2.65. The van der Waals surface area contributed by atoms with Crippen LogP contribution >= 0.6 is 89.3 Å². The first-order valence-electron chi connectivity index (χ1n) is 16.8.